The van der Waals surface area contributed by atoms with Gasteiger partial charge in [0.1, 0.15) is 12.4 Å². The Morgan fingerprint density at radius 1 is 1.11 bits per heavy atom. The van der Waals surface area contributed by atoms with Crippen molar-refractivity contribution in [2.75, 3.05) is 13.1 Å². The van der Waals surface area contributed by atoms with Crippen LogP contribution in [0.25, 0.3) is 0 Å². The molecule has 0 bridgehead atoms. The molecule has 1 aromatic heterocycles. The van der Waals surface area contributed by atoms with Gasteiger partial charge in [-0.1, -0.05) is 49.6 Å². The van der Waals surface area contributed by atoms with Gasteiger partial charge in [-0.15, -0.1) is 10.2 Å². The van der Waals surface area contributed by atoms with Crippen LogP contribution < -0.4 is 5.32 Å². The summed E-state index contributed by atoms with van der Waals surface area (Å²) < 4.78 is 2.03. The number of rotatable bonds is 4. The first kappa shape index (κ1) is 19.0. The molecule has 1 saturated carbocycles. The highest BCUT2D eigenvalue weighted by Crippen LogP contribution is 2.27. The maximum absolute atomic E-state index is 4.98. The second kappa shape index (κ2) is 8.76. The fraction of sp³-hybridized carbons (Fsp3) is 0.591. The molecule has 1 unspecified atom stereocenters. The first-order valence-corrected chi connectivity index (χ1v) is 10.7. The van der Waals surface area contributed by atoms with Crippen LogP contribution in [0.4, 0.5) is 0 Å². The van der Waals surface area contributed by atoms with Crippen molar-refractivity contribution >= 4 is 5.96 Å². The van der Waals surface area contributed by atoms with Crippen molar-refractivity contribution in [3.63, 3.8) is 0 Å². The average Bonchev–Trinajstić information content (AvgIpc) is 3.35. The first-order valence-electron chi connectivity index (χ1n) is 10.7. The number of aryl methyl sites for hydroxylation is 1. The Balaban J connectivity index is 1.49. The van der Waals surface area contributed by atoms with Crippen molar-refractivity contribution in [3.05, 3.63) is 47.5 Å². The number of nitrogens with zero attached hydrogens (tertiary/aromatic N) is 5. The van der Waals surface area contributed by atoms with Gasteiger partial charge in [0, 0.05) is 32.1 Å². The molecular formula is C22H32N6. The Morgan fingerprint density at radius 2 is 1.89 bits per heavy atom. The van der Waals surface area contributed by atoms with Gasteiger partial charge in [-0.25, -0.2) is 4.99 Å². The summed E-state index contributed by atoms with van der Waals surface area (Å²) in [6.45, 7) is 4.63. The molecule has 4 rings (SSSR count). The lowest BCUT2D eigenvalue weighted by molar-refractivity contribution is 0.388. The first-order chi connectivity index (χ1) is 13.7. The van der Waals surface area contributed by atoms with Crippen molar-refractivity contribution < 1.29 is 0 Å². The number of aliphatic imine (C=N–C) groups is 1. The summed E-state index contributed by atoms with van der Waals surface area (Å²) in [7, 11) is 2.01. The van der Waals surface area contributed by atoms with Gasteiger partial charge < -0.3 is 14.8 Å². The van der Waals surface area contributed by atoms with E-state index in [2.05, 4.69) is 50.7 Å². The summed E-state index contributed by atoms with van der Waals surface area (Å²) >= 11 is 0. The Kier molecular flexibility index (Phi) is 5.93. The highest BCUT2D eigenvalue weighted by Gasteiger charge is 2.27. The van der Waals surface area contributed by atoms with E-state index in [1.54, 1.807) is 0 Å². The zero-order valence-corrected chi connectivity index (χ0v) is 17.1. The SMILES string of the molecule is Cc1nnc(CN=C(NC2CCCCC2)N2CCC(c3ccccc3)C2)n1C. The number of benzene rings is 1. The van der Waals surface area contributed by atoms with Crippen LogP contribution >= 0.6 is 0 Å². The predicted molar refractivity (Wildman–Crippen MR) is 112 cm³/mol. The van der Waals surface area contributed by atoms with Gasteiger partial charge in [0.2, 0.25) is 0 Å². The van der Waals surface area contributed by atoms with Crippen LogP contribution in [-0.4, -0.2) is 44.8 Å². The number of aromatic nitrogens is 3. The zero-order valence-electron chi connectivity index (χ0n) is 17.1. The number of hydrogen-bond acceptors (Lipinski definition) is 3. The van der Waals surface area contributed by atoms with Gasteiger partial charge in [0.25, 0.3) is 0 Å². The van der Waals surface area contributed by atoms with Gasteiger partial charge in [-0.3, -0.25) is 0 Å². The fourth-order valence-electron chi connectivity index (χ4n) is 4.35. The Bertz CT molecular complexity index is 791. The molecule has 150 valence electrons. The zero-order chi connectivity index (χ0) is 19.3. The summed E-state index contributed by atoms with van der Waals surface area (Å²) in [5, 5.41) is 12.2. The van der Waals surface area contributed by atoms with Crippen molar-refractivity contribution in [1.82, 2.24) is 25.0 Å². The third kappa shape index (κ3) is 4.37. The van der Waals surface area contributed by atoms with Crippen LogP contribution in [-0.2, 0) is 13.6 Å². The Hall–Kier alpha value is -2.37. The van der Waals surface area contributed by atoms with Crippen molar-refractivity contribution in [2.24, 2.45) is 12.0 Å². The third-order valence-electron chi connectivity index (χ3n) is 6.25. The van der Waals surface area contributed by atoms with Gasteiger partial charge in [-0.2, -0.15) is 0 Å². The maximum atomic E-state index is 4.98. The van der Waals surface area contributed by atoms with Crippen LogP contribution in [0, 0.1) is 6.92 Å². The molecule has 28 heavy (non-hydrogen) atoms. The minimum Gasteiger partial charge on any atom is -0.353 e. The summed E-state index contributed by atoms with van der Waals surface area (Å²) in [4.78, 5) is 7.42. The van der Waals surface area contributed by atoms with Crippen molar-refractivity contribution in [3.8, 4) is 0 Å². The lowest BCUT2D eigenvalue weighted by Gasteiger charge is -2.29. The molecule has 2 aromatic rings. The molecule has 6 nitrogen and oxygen atoms in total. The maximum Gasteiger partial charge on any atom is 0.194 e. The normalized spacial score (nSPS) is 21.3. The van der Waals surface area contributed by atoms with Gasteiger partial charge in [0.05, 0.1) is 0 Å². The van der Waals surface area contributed by atoms with E-state index < -0.39 is 0 Å². The van der Waals surface area contributed by atoms with Crippen LogP contribution in [0.15, 0.2) is 35.3 Å². The van der Waals surface area contributed by atoms with Crippen molar-refractivity contribution in [2.45, 2.75) is 64.0 Å². The van der Waals surface area contributed by atoms with E-state index in [9.17, 15) is 0 Å². The molecule has 2 heterocycles. The van der Waals surface area contributed by atoms with E-state index in [0.29, 0.717) is 18.5 Å². The molecule has 0 spiro atoms. The second-order valence-electron chi connectivity index (χ2n) is 8.18. The minimum absolute atomic E-state index is 0.546. The summed E-state index contributed by atoms with van der Waals surface area (Å²) in [6.07, 6.45) is 7.68. The highest BCUT2D eigenvalue weighted by molar-refractivity contribution is 5.80. The molecule has 1 aliphatic heterocycles. The van der Waals surface area contributed by atoms with Crippen LogP contribution in [0.5, 0.6) is 0 Å². The topological polar surface area (TPSA) is 58.3 Å². The minimum atomic E-state index is 0.546. The monoisotopic (exact) mass is 380 g/mol. The number of likely N-dealkylation sites (tertiary alicyclic amines) is 1. The van der Waals surface area contributed by atoms with Crippen LogP contribution in [0.1, 0.15) is 61.7 Å². The lowest BCUT2D eigenvalue weighted by atomic mass is 9.96. The molecule has 1 aromatic carbocycles. The van der Waals surface area contributed by atoms with Crippen molar-refractivity contribution in [1.29, 1.82) is 0 Å². The molecule has 6 heteroatoms. The van der Waals surface area contributed by atoms with Crippen LogP contribution in [0.2, 0.25) is 0 Å². The summed E-state index contributed by atoms with van der Waals surface area (Å²) in [5.74, 6) is 3.47. The summed E-state index contributed by atoms with van der Waals surface area (Å²) in [5.41, 5.74) is 1.44. The fourth-order valence-corrected chi connectivity index (χ4v) is 4.35. The van der Waals surface area contributed by atoms with E-state index in [1.165, 1.54) is 44.1 Å². The van der Waals surface area contributed by atoms with Crippen LogP contribution in [0.3, 0.4) is 0 Å². The second-order valence-corrected chi connectivity index (χ2v) is 8.18. The quantitative estimate of drug-likeness (QED) is 0.652. The van der Waals surface area contributed by atoms with E-state index in [1.807, 2.05) is 18.5 Å². The number of hydrogen-bond donors (Lipinski definition) is 1. The molecule has 1 aliphatic carbocycles. The molecule has 2 aliphatic rings. The van der Waals surface area contributed by atoms with Gasteiger partial charge in [-0.05, 0) is 31.7 Å². The van der Waals surface area contributed by atoms with Gasteiger partial charge >= 0.3 is 0 Å². The smallest absolute Gasteiger partial charge is 0.194 e. The lowest BCUT2D eigenvalue weighted by Crippen LogP contribution is -2.45. The van der Waals surface area contributed by atoms with Gasteiger partial charge in [0.15, 0.2) is 11.8 Å². The van der Waals surface area contributed by atoms with E-state index in [4.69, 9.17) is 4.99 Å². The third-order valence-corrected chi connectivity index (χ3v) is 6.25. The summed E-state index contributed by atoms with van der Waals surface area (Å²) in [6, 6.07) is 11.4. The van der Waals surface area contributed by atoms with E-state index >= 15 is 0 Å². The Labute approximate surface area is 168 Å². The highest BCUT2D eigenvalue weighted by atomic mass is 15.3. The number of nitrogens with one attached hydrogen (secondary N) is 1. The molecule has 0 radical (unpaired) electrons. The molecule has 1 N–H and O–H groups in total. The predicted octanol–water partition coefficient (Wildman–Crippen LogP) is 3.39. The largest absolute Gasteiger partial charge is 0.353 e. The van der Waals surface area contributed by atoms with E-state index in [-0.39, 0.29) is 0 Å². The molecule has 2 fully saturated rings. The molecule has 0 amide bonds. The molecular weight excluding hydrogens is 348 g/mol. The molecule has 1 saturated heterocycles. The number of guanidine groups is 1. The molecule has 1 atom stereocenters. The average molecular weight is 381 g/mol. The standard InChI is InChI=1S/C22H32N6/c1-17-25-26-21(27(17)2)15-23-22(24-20-11-7-4-8-12-20)28-14-13-19(16-28)18-9-5-3-6-10-18/h3,5-6,9-10,19-20H,4,7-8,11-16H2,1-2H3,(H,23,24). The Morgan fingerprint density at radius 3 is 2.61 bits per heavy atom. The van der Waals surface area contributed by atoms with E-state index in [0.717, 1.165) is 30.7 Å².